The highest BCUT2D eigenvalue weighted by molar-refractivity contribution is 5.80. The minimum absolute atomic E-state index is 0.106. The molecular formula is C12H19NO3. The summed E-state index contributed by atoms with van der Waals surface area (Å²) in [5, 5.41) is 0. The number of nitrogens with one attached hydrogen (secondary N) is 1. The number of hydroxylamine groups is 1. The summed E-state index contributed by atoms with van der Waals surface area (Å²) in [7, 11) is 0. The van der Waals surface area contributed by atoms with E-state index in [9.17, 15) is 4.79 Å². The molecule has 0 radical (unpaired) electrons. The van der Waals surface area contributed by atoms with Crippen molar-refractivity contribution in [3.63, 3.8) is 0 Å². The Bertz CT molecular complexity index is 312. The van der Waals surface area contributed by atoms with Crippen LogP contribution in [0.25, 0.3) is 0 Å². The van der Waals surface area contributed by atoms with Gasteiger partial charge in [-0.3, -0.25) is 9.63 Å². The number of carbonyl (C=O) groups excluding carboxylic acids is 1. The first kappa shape index (κ1) is 12.8. The second-order valence-electron chi connectivity index (χ2n) is 4.71. The normalized spacial score (nSPS) is 11.4. The summed E-state index contributed by atoms with van der Waals surface area (Å²) in [6.45, 7) is 6.01. The number of rotatable bonds is 5. The molecule has 16 heavy (non-hydrogen) atoms. The Kier molecular flexibility index (Phi) is 4.55. The Morgan fingerprint density at radius 2 is 2.25 bits per heavy atom. The fourth-order valence-corrected chi connectivity index (χ4v) is 1.04. The molecule has 1 N–H and O–H groups in total. The van der Waals surface area contributed by atoms with Gasteiger partial charge in [0.25, 0.3) is 0 Å². The van der Waals surface area contributed by atoms with Crippen molar-refractivity contribution >= 4 is 5.91 Å². The highest BCUT2D eigenvalue weighted by Gasteiger charge is 2.20. The van der Waals surface area contributed by atoms with Gasteiger partial charge in [0.05, 0.1) is 12.9 Å². The maximum absolute atomic E-state index is 11.4. The first-order valence-electron chi connectivity index (χ1n) is 5.45. The topological polar surface area (TPSA) is 51.5 Å². The zero-order chi connectivity index (χ0) is 12.0. The Balaban J connectivity index is 2.06. The number of carbonyl (C=O) groups is 1. The molecular weight excluding hydrogens is 206 g/mol. The molecule has 0 saturated heterocycles. The number of furan rings is 1. The van der Waals surface area contributed by atoms with Gasteiger partial charge in [-0.25, -0.2) is 5.48 Å². The van der Waals surface area contributed by atoms with E-state index in [0.717, 1.165) is 18.6 Å². The Morgan fingerprint density at radius 1 is 1.50 bits per heavy atom. The highest BCUT2D eigenvalue weighted by atomic mass is 16.6. The van der Waals surface area contributed by atoms with Crippen LogP contribution >= 0.6 is 0 Å². The Labute approximate surface area is 95.9 Å². The van der Waals surface area contributed by atoms with Gasteiger partial charge in [-0.05, 0) is 18.6 Å². The lowest BCUT2D eigenvalue weighted by molar-refractivity contribution is -0.141. The minimum Gasteiger partial charge on any atom is -0.469 e. The molecule has 1 rings (SSSR count). The van der Waals surface area contributed by atoms with Gasteiger partial charge in [0, 0.05) is 11.8 Å². The minimum atomic E-state index is -0.416. The lowest BCUT2D eigenvalue weighted by Gasteiger charge is -2.16. The molecule has 0 aliphatic carbocycles. The number of aryl methyl sites for hydroxylation is 1. The van der Waals surface area contributed by atoms with E-state index < -0.39 is 5.41 Å². The third-order valence-electron chi connectivity index (χ3n) is 2.10. The Morgan fingerprint density at radius 3 is 2.81 bits per heavy atom. The number of hydrogen-bond acceptors (Lipinski definition) is 3. The first-order valence-corrected chi connectivity index (χ1v) is 5.45. The zero-order valence-corrected chi connectivity index (χ0v) is 10.1. The SMILES string of the molecule is CC(C)(C)C(=O)NOCCCc1ccco1. The Hall–Kier alpha value is -1.29. The van der Waals surface area contributed by atoms with Crippen LogP contribution in [0.3, 0.4) is 0 Å². The quantitative estimate of drug-likeness (QED) is 0.618. The van der Waals surface area contributed by atoms with Gasteiger partial charge in [-0.1, -0.05) is 20.8 Å². The molecule has 0 atom stereocenters. The van der Waals surface area contributed by atoms with Crippen LogP contribution in [0.15, 0.2) is 22.8 Å². The molecule has 0 aliphatic heterocycles. The van der Waals surface area contributed by atoms with Gasteiger partial charge in [0.15, 0.2) is 0 Å². The van der Waals surface area contributed by atoms with Gasteiger partial charge in [0.2, 0.25) is 5.91 Å². The second-order valence-corrected chi connectivity index (χ2v) is 4.71. The molecule has 1 aromatic rings. The van der Waals surface area contributed by atoms with E-state index in [1.165, 1.54) is 0 Å². The van der Waals surface area contributed by atoms with E-state index in [0.29, 0.717) is 6.61 Å². The van der Waals surface area contributed by atoms with Crippen molar-refractivity contribution in [2.24, 2.45) is 5.41 Å². The average Bonchev–Trinajstić information content (AvgIpc) is 2.68. The molecule has 0 aliphatic rings. The largest absolute Gasteiger partial charge is 0.469 e. The maximum Gasteiger partial charge on any atom is 0.248 e. The van der Waals surface area contributed by atoms with Crippen LogP contribution in [-0.4, -0.2) is 12.5 Å². The predicted octanol–water partition coefficient (Wildman–Crippen LogP) is 2.31. The van der Waals surface area contributed by atoms with E-state index in [-0.39, 0.29) is 5.91 Å². The van der Waals surface area contributed by atoms with E-state index in [1.807, 2.05) is 32.9 Å². The van der Waals surface area contributed by atoms with Crippen molar-refractivity contribution in [2.75, 3.05) is 6.61 Å². The third kappa shape index (κ3) is 4.49. The van der Waals surface area contributed by atoms with E-state index in [2.05, 4.69) is 5.48 Å². The maximum atomic E-state index is 11.4. The molecule has 0 aromatic carbocycles. The van der Waals surface area contributed by atoms with Crippen molar-refractivity contribution in [3.8, 4) is 0 Å². The van der Waals surface area contributed by atoms with E-state index >= 15 is 0 Å². The summed E-state index contributed by atoms with van der Waals surface area (Å²) >= 11 is 0. The summed E-state index contributed by atoms with van der Waals surface area (Å²) in [4.78, 5) is 16.5. The van der Waals surface area contributed by atoms with Crippen molar-refractivity contribution < 1.29 is 14.0 Å². The standard InChI is InChI=1S/C12H19NO3/c1-12(2,3)11(14)13-16-9-5-7-10-6-4-8-15-10/h4,6,8H,5,7,9H2,1-3H3,(H,13,14). The fraction of sp³-hybridized carbons (Fsp3) is 0.583. The molecule has 4 nitrogen and oxygen atoms in total. The monoisotopic (exact) mass is 225 g/mol. The number of amides is 1. The third-order valence-corrected chi connectivity index (χ3v) is 2.10. The highest BCUT2D eigenvalue weighted by Crippen LogP contribution is 2.12. The first-order chi connectivity index (χ1) is 7.50. The molecule has 0 unspecified atom stereocenters. The van der Waals surface area contributed by atoms with E-state index in [1.54, 1.807) is 6.26 Å². The smallest absolute Gasteiger partial charge is 0.248 e. The van der Waals surface area contributed by atoms with Gasteiger partial charge < -0.3 is 4.42 Å². The molecule has 1 heterocycles. The molecule has 0 bridgehead atoms. The average molecular weight is 225 g/mol. The predicted molar refractivity (Wildman–Crippen MR) is 60.6 cm³/mol. The van der Waals surface area contributed by atoms with Crippen molar-refractivity contribution in [2.45, 2.75) is 33.6 Å². The van der Waals surface area contributed by atoms with Crippen LogP contribution < -0.4 is 5.48 Å². The van der Waals surface area contributed by atoms with Gasteiger partial charge in [0.1, 0.15) is 5.76 Å². The van der Waals surface area contributed by atoms with Crippen LogP contribution in [0, 0.1) is 5.41 Å². The van der Waals surface area contributed by atoms with Crippen LogP contribution in [0.2, 0.25) is 0 Å². The summed E-state index contributed by atoms with van der Waals surface area (Å²) in [5.74, 6) is 0.830. The second kappa shape index (κ2) is 5.70. The van der Waals surface area contributed by atoms with Gasteiger partial charge in [-0.15, -0.1) is 0 Å². The number of hydrogen-bond donors (Lipinski definition) is 1. The van der Waals surface area contributed by atoms with Crippen molar-refractivity contribution in [3.05, 3.63) is 24.2 Å². The van der Waals surface area contributed by atoms with Crippen molar-refractivity contribution in [1.82, 2.24) is 5.48 Å². The molecule has 1 aromatic heterocycles. The van der Waals surface area contributed by atoms with Gasteiger partial charge in [-0.2, -0.15) is 0 Å². The summed E-state index contributed by atoms with van der Waals surface area (Å²) in [6.07, 6.45) is 3.29. The van der Waals surface area contributed by atoms with E-state index in [4.69, 9.17) is 9.25 Å². The lowest BCUT2D eigenvalue weighted by Crippen LogP contribution is -2.35. The van der Waals surface area contributed by atoms with Crippen LogP contribution in [0.4, 0.5) is 0 Å². The lowest BCUT2D eigenvalue weighted by atomic mass is 9.96. The fourth-order valence-electron chi connectivity index (χ4n) is 1.04. The molecule has 0 fully saturated rings. The molecule has 1 amide bonds. The molecule has 90 valence electrons. The molecule has 0 saturated carbocycles. The van der Waals surface area contributed by atoms with Crippen LogP contribution in [0.5, 0.6) is 0 Å². The van der Waals surface area contributed by atoms with Gasteiger partial charge >= 0.3 is 0 Å². The van der Waals surface area contributed by atoms with Crippen LogP contribution in [-0.2, 0) is 16.1 Å². The summed E-state index contributed by atoms with van der Waals surface area (Å²) in [5.41, 5.74) is 2.02. The summed E-state index contributed by atoms with van der Waals surface area (Å²) < 4.78 is 5.17. The summed E-state index contributed by atoms with van der Waals surface area (Å²) in [6, 6.07) is 3.78. The van der Waals surface area contributed by atoms with Crippen LogP contribution in [0.1, 0.15) is 33.0 Å². The zero-order valence-electron chi connectivity index (χ0n) is 10.1. The molecule has 4 heteroatoms. The molecule has 0 spiro atoms. The van der Waals surface area contributed by atoms with Crippen molar-refractivity contribution in [1.29, 1.82) is 0 Å².